The van der Waals surface area contributed by atoms with Crippen LogP contribution in [0.5, 0.6) is 0 Å². The molecule has 0 saturated heterocycles. The van der Waals surface area contributed by atoms with Crippen LogP contribution in [0.3, 0.4) is 0 Å². The van der Waals surface area contributed by atoms with Crippen LogP contribution in [0.15, 0.2) is 46.1 Å². The van der Waals surface area contributed by atoms with E-state index in [1.54, 1.807) is 17.8 Å². The van der Waals surface area contributed by atoms with Crippen molar-refractivity contribution >= 4 is 11.8 Å². The molecule has 0 unspecified atom stereocenters. The van der Waals surface area contributed by atoms with Crippen LogP contribution >= 0.6 is 11.8 Å². The Bertz CT molecular complexity index is 551. The van der Waals surface area contributed by atoms with Crippen molar-refractivity contribution in [3.8, 4) is 0 Å². The van der Waals surface area contributed by atoms with Gasteiger partial charge in [0.05, 0.1) is 5.75 Å². The molecule has 1 aromatic heterocycles. The standard InChI is InChI=1S/C14H16N2OS/c1-2-6-11-9-14(17)16-13(15-11)10-18-12-7-4-3-5-8-12/h3-5,7-9H,2,6,10H2,1H3,(H,15,16,17). The quantitative estimate of drug-likeness (QED) is 0.841. The van der Waals surface area contributed by atoms with E-state index in [9.17, 15) is 4.79 Å². The van der Waals surface area contributed by atoms with Crippen molar-refractivity contribution in [2.75, 3.05) is 0 Å². The number of hydrogen-bond acceptors (Lipinski definition) is 3. The first-order valence-electron chi connectivity index (χ1n) is 6.05. The van der Waals surface area contributed by atoms with Gasteiger partial charge in [-0.1, -0.05) is 31.5 Å². The predicted octanol–water partition coefficient (Wildman–Crippen LogP) is 3.01. The van der Waals surface area contributed by atoms with Crippen molar-refractivity contribution in [1.82, 2.24) is 9.97 Å². The van der Waals surface area contributed by atoms with Crippen molar-refractivity contribution < 1.29 is 0 Å². The molecule has 0 spiro atoms. The molecule has 2 aromatic rings. The van der Waals surface area contributed by atoms with Gasteiger partial charge in [-0.25, -0.2) is 4.98 Å². The molecule has 0 bridgehead atoms. The van der Waals surface area contributed by atoms with Gasteiger partial charge in [0.15, 0.2) is 0 Å². The molecule has 1 heterocycles. The third kappa shape index (κ3) is 3.74. The molecule has 0 atom stereocenters. The van der Waals surface area contributed by atoms with E-state index in [0.29, 0.717) is 5.75 Å². The zero-order valence-corrected chi connectivity index (χ0v) is 11.2. The summed E-state index contributed by atoms with van der Waals surface area (Å²) in [6.45, 7) is 2.08. The van der Waals surface area contributed by atoms with E-state index in [4.69, 9.17) is 0 Å². The topological polar surface area (TPSA) is 45.8 Å². The number of nitrogens with zero attached hydrogens (tertiary/aromatic N) is 1. The van der Waals surface area contributed by atoms with Gasteiger partial charge in [-0.05, 0) is 18.6 Å². The summed E-state index contributed by atoms with van der Waals surface area (Å²) in [5.41, 5.74) is 0.821. The highest BCUT2D eigenvalue weighted by Crippen LogP contribution is 2.20. The summed E-state index contributed by atoms with van der Waals surface area (Å²) in [4.78, 5) is 19.9. The second-order valence-electron chi connectivity index (χ2n) is 4.04. The minimum Gasteiger partial charge on any atom is -0.310 e. The zero-order valence-electron chi connectivity index (χ0n) is 10.3. The molecule has 0 aliphatic heterocycles. The molecule has 18 heavy (non-hydrogen) atoms. The molecule has 3 nitrogen and oxygen atoms in total. The van der Waals surface area contributed by atoms with Crippen molar-refractivity contribution in [2.24, 2.45) is 0 Å². The van der Waals surface area contributed by atoms with Crippen molar-refractivity contribution in [1.29, 1.82) is 0 Å². The first-order chi connectivity index (χ1) is 8.78. The van der Waals surface area contributed by atoms with E-state index in [1.165, 1.54) is 4.90 Å². The largest absolute Gasteiger partial charge is 0.310 e. The fourth-order valence-corrected chi connectivity index (χ4v) is 2.47. The minimum atomic E-state index is -0.0582. The Kier molecular flexibility index (Phi) is 4.59. The van der Waals surface area contributed by atoms with E-state index in [-0.39, 0.29) is 5.56 Å². The van der Waals surface area contributed by atoms with Crippen LogP contribution in [0.2, 0.25) is 0 Å². The number of thioether (sulfide) groups is 1. The molecule has 0 aliphatic carbocycles. The van der Waals surface area contributed by atoms with Crippen molar-refractivity contribution in [3.63, 3.8) is 0 Å². The number of rotatable bonds is 5. The average Bonchev–Trinajstić information content (AvgIpc) is 2.37. The fraction of sp³-hybridized carbons (Fsp3) is 0.286. The maximum atomic E-state index is 11.5. The minimum absolute atomic E-state index is 0.0582. The molecule has 94 valence electrons. The fourth-order valence-electron chi connectivity index (χ4n) is 1.68. The third-order valence-corrected chi connectivity index (χ3v) is 3.49. The third-order valence-electron chi connectivity index (χ3n) is 2.47. The van der Waals surface area contributed by atoms with Crippen LogP contribution in [0.1, 0.15) is 24.9 Å². The SMILES string of the molecule is CCCc1cc(=O)[nH]c(CSc2ccccc2)n1. The lowest BCUT2D eigenvalue weighted by atomic mass is 10.2. The normalized spacial score (nSPS) is 10.5. The smallest absolute Gasteiger partial charge is 0.251 e. The first-order valence-corrected chi connectivity index (χ1v) is 7.03. The Morgan fingerprint density at radius 2 is 2.06 bits per heavy atom. The van der Waals surface area contributed by atoms with Crippen LogP contribution in [0.25, 0.3) is 0 Å². The molecule has 4 heteroatoms. The predicted molar refractivity (Wildman–Crippen MR) is 74.9 cm³/mol. The Balaban J connectivity index is 2.07. The van der Waals surface area contributed by atoms with Gasteiger partial charge < -0.3 is 4.98 Å². The first kappa shape index (κ1) is 12.9. The molecule has 0 fully saturated rings. The summed E-state index contributed by atoms with van der Waals surface area (Å²) in [5, 5.41) is 0. The number of H-pyrrole nitrogens is 1. The lowest BCUT2D eigenvalue weighted by Crippen LogP contribution is -2.12. The van der Waals surface area contributed by atoms with Gasteiger partial charge in [0, 0.05) is 16.7 Å². The van der Waals surface area contributed by atoms with E-state index in [1.807, 2.05) is 18.2 Å². The van der Waals surface area contributed by atoms with E-state index < -0.39 is 0 Å². The molecular weight excluding hydrogens is 244 g/mol. The Hall–Kier alpha value is -1.55. The monoisotopic (exact) mass is 260 g/mol. The summed E-state index contributed by atoms with van der Waals surface area (Å²) in [6.07, 6.45) is 1.86. The van der Waals surface area contributed by atoms with Gasteiger partial charge in [-0.2, -0.15) is 0 Å². The summed E-state index contributed by atoms with van der Waals surface area (Å²) in [7, 11) is 0. The van der Waals surface area contributed by atoms with Crippen LogP contribution < -0.4 is 5.56 Å². The van der Waals surface area contributed by atoms with Crippen LogP contribution in [-0.4, -0.2) is 9.97 Å². The highest BCUT2D eigenvalue weighted by Gasteiger charge is 2.02. The molecule has 2 rings (SSSR count). The number of aromatic amines is 1. The van der Waals surface area contributed by atoms with Crippen LogP contribution in [-0.2, 0) is 12.2 Å². The lowest BCUT2D eigenvalue weighted by Gasteiger charge is -2.03. The van der Waals surface area contributed by atoms with Crippen LogP contribution in [0, 0.1) is 0 Å². The summed E-state index contributed by atoms with van der Waals surface area (Å²) in [5.74, 6) is 1.44. The van der Waals surface area contributed by atoms with Gasteiger partial charge in [0.1, 0.15) is 5.82 Å². The second kappa shape index (κ2) is 6.40. The van der Waals surface area contributed by atoms with Gasteiger partial charge in [0.25, 0.3) is 5.56 Å². The molecule has 0 aliphatic rings. The van der Waals surface area contributed by atoms with Crippen molar-refractivity contribution in [2.45, 2.75) is 30.4 Å². The summed E-state index contributed by atoms with van der Waals surface area (Å²) in [6, 6.07) is 11.7. The Morgan fingerprint density at radius 3 is 2.78 bits per heavy atom. The Labute approximate surface area is 111 Å². The second-order valence-corrected chi connectivity index (χ2v) is 5.08. The van der Waals surface area contributed by atoms with E-state index in [2.05, 4.69) is 29.0 Å². The lowest BCUT2D eigenvalue weighted by molar-refractivity contribution is 0.845. The molecule has 0 amide bonds. The summed E-state index contributed by atoms with van der Waals surface area (Å²) >= 11 is 1.68. The maximum absolute atomic E-state index is 11.5. The summed E-state index contributed by atoms with van der Waals surface area (Å²) < 4.78 is 0. The number of nitrogens with one attached hydrogen (secondary N) is 1. The van der Waals surface area contributed by atoms with Crippen LogP contribution in [0.4, 0.5) is 0 Å². The van der Waals surface area contributed by atoms with E-state index in [0.717, 1.165) is 24.4 Å². The highest BCUT2D eigenvalue weighted by atomic mass is 32.2. The number of benzene rings is 1. The number of hydrogen-bond donors (Lipinski definition) is 1. The number of aryl methyl sites for hydroxylation is 1. The average molecular weight is 260 g/mol. The Morgan fingerprint density at radius 1 is 1.28 bits per heavy atom. The van der Waals surface area contributed by atoms with E-state index >= 15 is 0 Å². The highest BCUT2D eigenvalue weighted by molar-refractivity contribution is 7.98. The number of aromatic nitrogens is 2. The molecule has 1 aromatic carbocycles. The van der Waals surface area contributed by atoms with Gasteiger partial charge >= 0.3 is 0 Å². The molecule has 0 saturated carbocycles. The van der Waals surface area contributed by atoms with Crippen molar-refractivity contribution in [3.05, 3.63) is 58.3 Å². The van der Waals surface area contributed by atoms with Gasteiger partial charge in [-0.3, -0.25) is 4.79 Å². The maximum Gasteiger partial charge on any atom is 0.251 e. The molecule has 1 N–H and O–H groups in total. The van der Waals surface area contributed by atoms with Gasteiger partial charge in [0.2, 0.25) is 0 Å². The molecule has 0 radical (unpaired) electrons. The zero-order chi connectivity index (χ0) is 12.8. The molecular formula is C14H16N2OS. The van der Waals surface area contributed by atoms with Gasteiger partial charge in [-0.15, -0.1) is 11.8 Å².